The summed E-state index contributed by atoms with van der Waals surface area (Å²) in [6.45, 7) is 4.81. The van der Waals surface area contributed by atoms with E-state index in [0.29, 0.717) is 52.2 Å². The molecule has 0 bridgehead atoms. The Bertz CT molecular complexity index is 2450. The molecular weight excluding hydrogens is 766 g/mol. The molecule has 2 fully saturated rings. The van der Waals surface area contributed by atoms with Crippen LogP contribution in [0.5, 0.6) is 0 Å². The van der Waals surface area contributed by atoms with E-state index in [9.17, 15) is 36.3 Å². The summed E-state index contributed by atoms with van der Waals surface area (Å²) >= 11 is 0.929. The summed E-state index contributed by atoms with van der Waals surface area (Å²) in [7, 11) is 0. The standard InChI is InChI=1S/C42H34F5N5O4S/c1-23-17-29(38(49-20-23)51-21-41(22-51)12-15-56-16-13-41)36(53)34(48)24-5-7-25(8-6-24)40(55)52-14-11-26-18-33(57-37(26)28-10-9-27(43)19-32(28)52)39(54)50-35-30(42(45,46)47)3-2-4-31(35)44/h2-10,17-20,48H,11-16,21-22H2,1H3,(H,50,54). The van der Waals surface area contributed by atoms with Crippen LogP contribution < -0.4 is 15.1 Å². The number of hydrogen-bond acceptors (Lipinski definition) is 8. The third-order valence-corrected chi connectivity index (χ3v) is 11.9. The molecule has 2 aromatic heterocycles. The number of anilines is 3. The van der Waals surface area contributed by atoms with Gasteiger partial charge in [-0.1, -0.05) is 18.2 Å². The zero-order valence-corrected chi connectivity index (χ0v) is 31.3. The van der Waals surface area contributed by atoms with Gasteiger partial charge in [-0.25, -0.2) is 13.8 Å². The summed E-state index contributed by atoms with van der Waals surface area (Å²) in [5, 5.41) is 10.9. The van der Waals surface area contributed by atoms with Crippen LogP contribution in [-0.4, -0.2) is 61.1 Å². The largest absolute Gasteiger partial charge is 0.418 e. The molecule has 2 saturated heterocycles. The second kappa shape index (κ2) is 14.6. The third kappa shape index (κ3) is 7.21. The zero-order valence-electron chi connectivity index (χ0n) is 30.4. The van der Waals surface area contributed by atoms with E-state index in [4.69, 9.17) is 10.1 Å². The fourth-order valence-corrected chi connectivity index (χ4v) is 8.86. The quantitative estimate of drug-likeness (QED) is 0.0967. The van der Waals surface area contributed by atoms with Crippen LogP contribution in [0, 0.1) is 29.4 Å². The topological polar surface area (TPSA) is 116 Å². The summed E-state index contributed by atoms with van der Waals surface area (Å²) < 4.78 is 75.6. The Labute approximate surface area is 327 Å². The van der Waals surface area contributed by atoms with Crippen molar-refractivity contribution in [2.24, 2.45) is 5.41 Å². The fourth-order valence-electron chi connectivity index (χ4n) is 7.72. The molecule has 3 aliphatic rings. The Morgan fingerprint density at radius 3 is 2.39 bits per heavy atom. The van der Waals surface area contributed by atoms with Crippen molar-refractivity contribution in [3.63, 3.8) is 0 Å². The summed E-state index contributed by atoms with van der Waals surface area (Å²) in [6.07, 6.45) is -1.12. The molecule has 15 heteroatoms. The number of pyridine rings is 1. The first-order chi connectivity index (χ1) is 27.2. The minimum atomic E-state index is -4.91. The highest BCUT2D eigenvalue weighted by atomic mass is 32.1. The lowest BCUT2D eigenvalue weighted by molar-refractivity contribution is -0.137. The number of nitrogens with zero attached hydrogens (tertiary/aromatic N) is 3. The third-order valence-electron chi connectivity index (χ3n) is 10.7. The van der Waals surface area contributed by atoms with E-state index in [2.05, 4.69) is 15.2 Å². The lowest BCUT2D eigenvalue weighted by atomic mass is 9.73. The predicted molar refractivity (Wildman–Crippen MR) is 206 cm³/mol. The second-order valence-corrected chi connectivity index (χ2v) is 15.6. The first-order valence-electron chi connectivity index (χ1n) is 18.2. The molecule has 0 radical (unpaired) electrons. The smallest absolute Gasteiger partial charge is 0.381 e. The van der Waals surface area contributed by atoms with Crippen molar-refractivity contribution >= 4 is 51.8 Å². The van der Waals surface area contributed by atoms with Crippen molar-refractivity contribution in [3.8, 4) is 10.4 Å². The first kappa shape index (κ1) is 38.1. The Morgan fingerprint density at radius 2 is 1.67 bits per heavy atom. The lowest BCUT2D eigenvalue weighted by Gasteiger charge is -2.53. The van der Waals surface area contributed by atoms with Gasteiger partial charge in [0.1, 0.15) is 23.2 Å². The molecule has 3 aromatic carbocycles. The summed E-state index contributed by atoms with van der Waals surface area (Å²) in [4.78, 5) is 49.6. The molecule has 0 unspecified atom stereocenters. The van der Waals surface area contributed by atoms with Crippen LogP contribution in [0.15, 0.2) is 79.0 Å². The number of aryl methyl sites for hydroxylation is 1. The Balaban J connectivity index is 1.01. The number of carbonyl (C=O) groups excluding carboxylic acids is 3. The monoisotopic (exact) mass is 799 g/mol. The minimum Gasteiger partial charge on any atom is -0.381 e. The highest BCUT2D eigenvalue weighted by molar-refractivity contribution is 7.17. The van der Waals surface area contributed by atoms with Crippen LogP contribution in [0.1, 0.15) is 65.5 Å². The molecule has 1 spiro atoms. The van der Waals surface area contributed by atoms with Crippen LogP contribution in [0.25, 0.3) is 10.4 Å². The number of halogens is 5. The van der Waals surface area contributed by atoms with Gasteiger partial charge >= 0.3 is 6.18 Å². The molecule has 0 saturated carbocycles. The Kier molecular flexibility index (Phi) is 9.76. The molecule has 3 aliphatic heterocycles. The number of rotatable bonds is 7. The molecule has 5 aromatic rings. The molecule has 5 heterocycles. The molecule has 0 atom stereocenters. The predicted octanol–water partition coefficient (Wildman–Crippen LogP) is 8.74. The number of ether oxygens (including phenoxy) is 1. The highest BCUT2D eigenvalue weighted by Crippen LogP contribution is 2.44. The molecule has 9 nitrogen and oxygen atoms in total. The number of alkyl halides is 3. The van der Waals surface area contributed by atoms with E-state index < -0.39 is 46.7 Å². The molecule has 57 heavy (non-hydrogen) atoms. The summed E-state index contributed by atoms with van der Waals surface area (Å²) in [6, 6.07) is 15.5. The number of nitrogens with one attached hydrogen (secondary N) is 2. The lowest BCUT2D eigenvalue weighted by Crippen LogP contribution is -2.59. The minimum absolute atomic E-state index is 0.000642. The van der Waals surface area contributed by atoms with Gasteiger partial charge in [0.15, 0.2) is 0 Å². The number of fused-ring (bicyclic) bond motifs is 3. The van der Waals surface area contributed by atoms with Gasteiger partial charge in [0.2, 0.25) is 5.78 Å². The van der Waals surface area contributed by atoms with E-state index in [1.807, 2.05) is 6.92 Å². The van der Waals surface area contributed by atoms with Crippen molar-refractivity contribution < 1.29 is 41.1 Å². The summed E-state index contributed by atoms with van der Waals surface area (Å²) in [5.41, 5.74) is 0.390. The van der Waals surface area contributed by atoms with E-state index in [1.54, 1.807) is 12.3 Å². The van der Waals surface area contributed by atoms with E-state index in [-0.39, 0.29) is 40.2 Å². The number of aromatic nitrogens is 1. The van der Waals surface area contributed by atoms with Gasteiger partial charge in [-0.2, -0.15) is 13.2 Å². The van der Waals surface area contributed by atoms with Crippen molar-refractivity contribution in [2.45, 2.75) is 32.4 Å². The van der Waals surface area contributed by atoms with Crippen molar-refractivity contribution in [2.75, 3.05) is 48.0 Å². The normalized spacial score (nSPS) is 16.0. The van der Waals surface area contributed by atoms with Crippen LogP contribution >= 0.6 is 11.3 Å². The first-order valence-corrected chi connectivity index (χ1v) is 19.0. The van der Waals surface area contributed by atoms with Crippen LogP contribution in [0.2, 0.25) is 0 Å². The zero-order chi connectivity index (χ0) is 40.2. The fraction of sp³-hybridized carbons (Fsp3) is 0.262. The molecule has 8 rings (SSSR count). The van der Waals surface area contributed by atoms with Crippen molar-refractivity contribution in [1.82, 2.24) is 4.98 Å². The molecule has 2 N–H and O–H groups in total. The van der Waals surface area contributed by atoms with Gasteiger partial charge in [0, 0.05) is 66.0 Å². The van der Waals surface area contributed by atoms with Crippen LogP contribution in [0.4, 0.5) is 39.1 Å². The average molecular weight is 800 g/mol. The number of thiophene rings is 1. The number of Topliss-reactive ketones (excluding diaryl/α,β-unsaturated/α-hetero) is 1. The van der Waals surface area contributed by atoms with Gasteiger partial charge in [0.25, 0.3) is 11.8 Å². The van der Waals surface area contributed by atoms with Gasteiger partial charge in [-0.05, 0) is 91.9 Å². The maximum Gasteiger partial charge on any atom is 0.418 e. The number of para-hydroxylation sites is 1. The van der Waals surface area contributed by atoms with E-state index >= 15 is 0 Å². The highest BCUT2D eigenvalue weighted by Gasteiger charge is 2.45. The second-order valence-electron chi connectivity index (χ2n) is 14.6. The molecular formula is C42H34F5N5O4S. The van der Waals surface area contributed by atoms with Crippen LogP contribution in [0.3, 0.4) is 0 Å². The number of carbonyl (C=O) groups is 3. The van der Waals surface area contributed by atoms with Crippen LogP contribution in [-0.2, 0) is 17.3 Å². The Hall–Kier alpha value is -5.80. The maximum atomic E-state index is 14.8. The maximum absolute atomic E-state index is 14.8. The van der Waals surface area contributed by atoms with Crippen molar-refractivity contribution in [3.05, 3.63) is 129 Å². The van der Waals surface area contributed by atoms with E-state index in [1.165, 1.54) is 53.4 Å². The number of ketones is 1. The van der Waals surface area contributed by atoms with E-state index in [0.717, 1.165) is 55.0 Å². The SMILES string of the molecule is Cc1cnc(N2CC3(CCOCC3)C2)c(C(=O)C(=N)c2ccc(C(=O)N3CCc4cc(C(=O)Nc5c(F)cccc5C(F)(F)F)sc4-c4ccc(F)cc43)cc2)c1. The van der Waals surface area contributed by atoms with Gasteiger partial charge < -0.3 is 19.9 Å². The van der Waals surface area contributed by atoms with Crippen molar-refractivity contribution in [1.29, 1.82) is 5.41 Å². The number of benzene rings is 3. The van der Waals surface area contributed by atoms with Gasteiger partial charge in [-0.3, -0.25) is 19.8 Å². The molecule has 0 aliphatic carbocycles. The molecule has 2 amide bonds. The number of amides is 2. The summed E-state index contributed by atoms with van der Waals surface area (Å²) in [5.74, 6) is -3.28. The van der Waals surface area contributed by atoms with Gasteiger partial charge in [0.05, 0.1) is 27.4 Å². The average Bonchev–Trinajstić information content (AvgIpc) is 3.55. The molecule has 292 valence electrons. The number of hydrogen-bond donors (Lipinski definition) is 2. The Morgan fingerprint density at radius 1 is 0.947 bits per heavy atom. The van der Waals surface area contributed by atoms with Gasteiger partial charge in [-0.15, -0.1) is 11.3 Å².